The molecule has 0 saturated heterocycles. The van der Waals surface area contributed by atoms with Crippen LogP contribution in [0.4, 0.5) is 27.8 Å². The Morgan fingerprint density at radius 2 is 1.86 bits per heavy atom. The Hall–Kier alpha value is -2.45. The van der Waals surface area contributed by atoms with Crippen LogP contribution in [0.1, 0.15) is 43.6 Å². The first-order valence-corrected chi connectivity index (χ1v) is 9.48. The smallest absolute Gasteiger partial charge is 0.311 e. The highest BCUT2D eigenvalue weighted by Crippen LogP contribution is 2.56. The summed E-state index contributed by atoms with van der Waals surface area (Å²) in [6, 6.07) is 5.79. The van der Waals surface area contributed by atoms with Crippen LogP contribution in [0, 0.1) is 11.7 Å². The van der Waals surface area contributed by atoms with Crippen molar-refractivity contribution in [2.75, 3.05) is 5.32 Å². The Labute approximate surface area is 164 Å². The van der Waals surface area contributed by atoms with Gasteiger partial charge in [0.2, 0.25) is 5.91 Å². The second-order valence-electron chi connectivity index (χ2n) is 7.85. The molecule has 0 radical (unpaired) electrons. The van der Waals surface area contributed by atoms with Crippen LogP contribution in [0.2, 0.25) is 0 Å². The van der Waals surface area contributed by atoms with Gasteiger partial charge in [0.1, 0.15) is 11.6 Å². The van der Waals surface area contributed by atoms with E-state index in [1.807, 2.05) is 0 Å². The van der Waals surface area contributed by atoms with Crippen LogP contribution < -0.4 is 5.32 Å². The second kappa shape index (κ2) is 6.81. The standard InChI is InChI=1S/C20H20F5N3O/c1-28-18(26-15(29)9-13-10-19(22,23)20(13,24)25)16(11-3-2-4-11)17(27-28)12-5-7-14(21)8-6-12/h5-8,11,13H,2-4,9-10H2,1H3,(H,26,29)/t13-/m0/s1. The first-order chi connectivity index (χ1) is 13.6. The van der Waals surface area contributed by atoms with Gasteiger partial charge in [-0.25, -0.2) is 4.39 Å². The van der Waals surface area contributed by atoms with E-state index in [0.29, 0.717) is 17.1 Å². The van der Waals surface area contributed by atoms with E-state index < -0.39 is 36.5 Å². The van der Waals surface area contributed by atoms with Gasteiger partial charge in [-0.3, -0.25) is 9.48 Å². The fourth-order valence-corrected chi connectivity index (χ4v) is 3.94. The minimum Gasteiger partial charge on any atom is -0.311 e. The molecule has 1 amide bonds. The first kappa shape index (κ1) is 19.8. The number of carbonyl (C=O) groups is 1. The van der Waals surface area contributed by atoms with Gasteiger partial charge in [-0.1, -0.05) is 6.42 Å². The average Bonchev–Trinajstić information content (AvgIpc) is 2.90. The molecule has 156 valence electrons. The lowest BCUT2D eigenvalue weighted by molar-refractivity contribution is -0.313. The summed E-state index contributed by atoms with van der Waals surface area (Å²) in [5, 5.41) is 7.05. The van der Waals surface area contributed by atoms with Crippen LogP contribution in [0.3, 0.4) is 0 Å². The molecule has 1 heterocycles. The summed E-state index contributed by atoms with van der Waals surface area (Å²) in [4.78, 5) is 12.4. The molecule has 0 unspecified atom stereocenters. The van der Waals surface area contributed by atoms with Crippen molar-refractivity contribution in [3.8, 4) is 11.3 Å². The minimum absolute atomic E-state index is 0.133. The number of amides is 1. The molecule has 2 aliphatic rings. The van der Waals surface area contributed by atoms with Crippen LogP contribution >= 0.6 is 0 Å². The molecule has 1 aromatic carbocycles. The maximum atomic E-state index is 13.5. The van der Waals surface area contributed by atoms with E-state index in [4.69, 9.17) is 0 Å². The lowest BCUT2D eigenvalue weighted by Gasteiger charge is -2.43. The molecule has 4 rings (SSSR count). The number of aromatic nitrogens is 2. The topological polar surface area (TPSA) is 46.9 Å². The van der Waals surface area contributed by atoms with Gasteiger partial charge in [0.05, 0.1) is 5.69 Å². The van der Waals surface area contributed by atoms with E-state index >= 15 is 0 Å². The summed E-state index contributed by atoms with van der Waals surface area (Å²) < 4.78 is 67.8. The zero-order valence-electron chi connectivity index (χ0n) is 15.7. The van der Waals surface area contributed by atoms with E-state index in [0.717, 1.165) is 24.8 Å². The van der Waals surface area contributed by atoms with E-state index in [2.05, 4.69) is 10.4 Å². The van der Waals surface area contributed by atoms with Gasteiger partial charge in [-0.15, -0.1) is 0 Å². The number of alkyl halides is 4. The number of hydrogen-bond acceptors (Lipinski definition) is 2. The van der Waals surface area contributed by atoms with Crippen molar-refractivity contribution in [1.29, 1.82) is 0 Å². The van der Waals surface area contributed by atoms with Crippen molar-refractivity contribution in [2.24, 2.45) is 13.0 Å². The van der Waals surface area contributed by atoms with Crippen molar-refractivity contribution in [3.05, 3.63) is 35.6 Å². The van der Waals surface area contributed by atoms with Crippen LogP contribution in [0.25, 0.3) is 11.3 Å². The molecule has 2 aliphatic carbocycles. The summed E-state index contributed by atoms with van der Waals surface area (Å²) in [5.74, 6) is -10.6. The lowest BCUT2D eigenvalue weighted by Crippen LogP contribution is -2.59. The number of aryl methyl sites for hydroxylation is 1. The fraction of sp³-hybridized carbons (Fsp3) is 0.500. The highest BCUT2D eigenvalue weighted by Gasteiger charge is 2.71. The summed E-state index contributed by atoms with van der Waals surface area (Å²) in [6.07, 6.45) is 1.09. The van der Waals surface area contributed by atoms with Gasteiger partial charge < -0.3 is 5.32 Å². The predicted octanol–water partition coefficient (Wildman–Crippen LogP) is 5.11. The highest BCUT2D eigenvalue weighted by molar-refractivity contribution is 5.92. The number of hydrogen-bond donors (Lipinski definition) is 1. The SMILES string of the molecule is Cn1nc(-c2ccc(F)cc2)c(C2CCC2)c1NC(=O)C[C@H]1CC(F)(F)C1(F)F. The van der Waals surface area contributed by atoms with E-state index in [1.165, 1.54) is 16.8 Å². The van der Waals surface area contributed by atoms with Crippen LogP contribution in [-0.2, 0) is 11.8 Å². The fourth-order valence-electron chi connectivity index (χ4n) is 3.94. The van der Waals surface area contributed by atoms with Gasteiger partial charge in [0, 0.05) is 36.9 Å². The molecule has 0 aliphatic heterocycles. The molecule has 4 nitrogen and oxygen atoms in total. The normalized spacial score (nSPS) is 22.6. The number of rotatable bonds is 5. The molecule has 0 bridgehead atoms. The Morgan fingerprint density at radius 3 is 2.38 bits per heavy atom. The Morgan fingerprint density at radius 1 is 1.21 bits per heavy atom. The number of benzene rings is 1. The van der Waals surface area contributed by atoms with Crippen molar-refractivity contribution < 1.29 is 26.7 Å². The number of nitrogens with one attached hydrogen (secondary N) is 1. The molecule has 2 fully saturated rings. The molecule has 2 saturated carbocycles. The highest BCUT2D eigenvalue weighted by atomic mass is 19.3. The molecule has 9 heteroatoms. The molecule has 1 aromatic heterocycles. The van der Waals surface area contributed by atoms with E-state index in [9.17, 15) is 26.7 Å². The maximum Gasteiger partial charge on any atom is 0.313 e. The van der Waals surface area contributed by atoms with Gasteiger partial charge in [0.25, 0.3) is 0 Å². The zero-order valence-corrected chi connectivity index (χ0v) is 15.7. The van der Waals surface area contributed by atoms with Crippen molar-refractivity contribution in [3.63, 3.8) is 0 Å². The van der Waals surface area contributed by atoms with Gasteiger partial charge in [-0.2, -0.15) is 22.7 Å². The molecular formula is C20H20F5N3O. The van der Waals surface area contributed by atoms with Crippen molar-refractivity contribution in [2.45, 2.75) is 49.9 Å². The largest absolute Gasteiger partial charge is 0.313 e. The van der Waals surface area contributed by atoms with Crippen LogP contribution in [-0.4, -0.2) is 27.5 Å². The van der Waals surface area contributed by atoms with Crippen molar-refractivity contribution >= 4 is 11.7 Å². The van der Waals surface area contributed by atoms with Crippen LogP contribution in [0.5, 0.6) is 0 Å². The average molecular weight is 413 g/mol. The Bertz CT molecular complexity index is 934. The Kier molecular flexibility index (Phi) is 4.66. The second-order valence-corrected chi connectivity index (χ2v) is 7.85. The monoisotopic (exact) mass is 413 g/mol. The third-order valence-corrected chi connectivity index (χ3v) is 5.91. The zero-order chi connectivity index (χ0) is 21.0. The maximum absolute atomic E-state index is 13.5. The number of carbonyl (C=O) groups excluding carboxylic acids is 1. The molecule has 2 aromatic rings. The summed E-state index contributed by atoms with van der Waals surface area (Å²) in [7, 11) is 1.61. The molecule has 1 N–H and O–H groups in total. The number of halogens is 5. The predicted molar refractivity (Wildman–Crippen MR) is 96.4 cm³/mol. The lowest BCUT2D eigenvalue weighted by atomic mass is 9.74. The minimum atomic E-state index is -4.17. The molecule has 29 heavy (non-hydrogen) atoms. The van der Waals surface area contributed by atoms with Crippen molar-refractivity contribution in [1.82, 2.24) is 9.78 Å². The molecule has 0 spiro atoms. The van der Waals surface area contributed by atoms with E-state index in [1.54, 1.807) is 19.2 Å². The Balaban J connectivity index is 1.59. The van der Waals surface area contributed by atoms with Gasteiger partial charge in [-0.05, 0) is 43.0 Å². The molecule has 1 atom stereocenters. The summed E-state index contributed by atoms with van der Waals surface area (Å²) >= 11 is 0. The van der Waals surface area contributed by atoms with Gasteiger partial charge in [0.15, 0.2) is 0 Å². The summed E-state index contributed by atoms with van der Waals surface area (Å²) in [5.41, 5.74) is 2.03. The number of anilines is 1. The first-order valence-electron chi connectivity index (χ1n) is 9.48. The van der Waals surface area contributed by atoms with E-state index in [-0.39, 0.29) is 11.7 Å². The third kappa shape index (κ3) is 3.30. The quantitative estimate of drug-likeness (QED) is 0.693. The third-order valence-electron chi connectivity index (χ3n) is 5.91. The number of nitrogens with zero attached hydrogens (tertiary/aromatic N) is 2. The molecular weight excluding hydrogens is 393 g/mol. The summed E-state index contributed by atoms with van der Waals surface area (Å²) in [6.45, 7) is 0. The van der Waals surface area contributed by atoms with Gasteiger partial charge >= 0.3 is 11.8 Å². The van der Waals surface area contributed by atoms with Crippen LogP contribution in [0.15, 0.2) is 24.3 Å².